The third-order valence-corrected chi connectivity index (χ3v) is 6.15. The molecule has 164 valence electrons. The van der Waals surface area contributed by atoms with Crippen molar-refractivity contribution in [2.24, 2.45) is 0 Å². The molecule has 33 heavy (non-hydrogen) atoms. The monoisotopic (exact) mass is 455 g/mol. The van der Waals surface area contributed by atoms with Crippen LogP contribution in [-0.4, -0.2) is 29.2 Å². The van der Waals surface area contributed by atoms with Gasteiger partial charge in [0.05, 0.1) is 5.52 Å². The standard InChI is InChI=1S/C27H22ClN3O2/c28-26-23-13-12-18(15-25(23)30-17-31-26)7-5-6-14-29-27(32)33-16-24-21-10-3-1-8-19(21)20-9-2-4-11-22(20)24/h1-5,7-13,15,17,24H,6,14,16H2,(H,29,32). The minimum Gasteiger partial charge on any atom is -0.449 e. The van der Waals surface area contributed by atoms with E-state index < -0.39 is 6.09 Å². The third-order valence-electron chi connectivity index (χ3n) is 5.85. The van der Waals surface area contributed by atoms with Crippen LogP contribution in [0.2, 0.25) is 5.15 Å². The van der Waals surface area contributed by atoms with Crippen LogP contribution in [-0.2, 0) is 4.74 Å². The number of benzene rings is 3. The highest BCUT2D eigenvalue weighted by atomic mass is 35.5. The van der Waals surface area contributed by atoms with Gasteiger partial charge in [-0.05, 0) is 46.4 Å². The summed E-state index contributed by atoms with van der Waals surface area (Å²) in [6.07, 6.45) is 5.74. The van der Waals surface area contributed by atoms with Crippen LogP contribution in [0.25, 0.3) is 28.1 Å². The number of amides is 1. The van der Waals surface area contributed by atoms with Crippen LogP contribution >= 0.6 is 11.6 Å². The van der Waals surface area contributed by atoms with Gasteiger partial charge >= 0.3 is 6.09 Å². The summed E-state index contributed by atoms with van der Waals surface area (Å²) < 4.78 is 5.56. The molecule has 0 spiro atoms. The smallest absolute Gasteiger partial charge is 0.407 e. The number of alkyl carbamates (subject to hydrolysis) is 1. The molecule has 0 radical (unpaired) electrons. The Morgan fingerprint density at radius 1 is 1.00 bits per heavy atom. The number of carbonyl (C=O) groups is 1. The first-order valence-corrected chi connectivity index (χ1v) is 11.2. The second kappa shape index (κ2) is 9.43. The molecule has 5 nitrogen and oxygen atoms in total. The van der Waals surface area contributed by atoms with Gasteiger partial charge in [-0.25, -0.2) is 14.8 Å². The zero-order valence-electron chi connectivity index (χ0n) is 17.9. The van der Waals surface area contributed by atoms with Gasteiger partial charge in [-0.3, -0.25) is 0 Å². The summed E-state index contributed by atoms with van der Waals surface area (Å²) in [4.78, 5) is 20.5. The predicted octanol–water partition coefficient (Wildman–Crippen LogP) is 6.23. The largest absolute Gasteiger partial charge is 0.449 e. The Bertz CT molecular complexity index is 1310. The second-order valence-corrected chi connectivity index (χ2v) is 8.24. The van der Waals surface area contributed by atoms with E-state index in [1.807, 2.05) is 54.6 Å². The molecule has 5 rings (SSSR count). The Labute approximate surface area is 197 Å². The lowest BCUT2D eigenvalue weighted by molar-refractivity contribution is 0.143. The Balaban J connectivity index is 1.12. The number of hydrogen-bond acceptors (Lipinski definition) is 4. The van der Waals surface area contributed by atoms with Gasteiger partial charge in [-0.15, -0.1) is 0 Å². The first kappa shape index (κ1) is 21.2. The fraction of sp³-hybridized carbons (Fsp3) is 0.148. The van der Waals surface area contributed by atoms with Gasteiger partial charge in [-0.2, -0.15) is 0 Å². The Morgan fingerprint density at radius 3 is 2.48 bits per heavy atom. The van der Waals surface area contributed by atoms with Gasteiger partial charge in [0.1, 0.15) is 18.1 Å². The molecule has 1 amide bonds. The van der Waals surface area contributed by atoms with Crippen LogP contribution in [0.15, 0.2) is 79.1 Å². The zero-order chi connectivity index (χ0) is 22.6. The SMILES string of the molecule is O=C(NCCC=Cc1ccc2c(Cl)ncnc2c1)OCC1c2ccccc2-c2ccccc21. The topological polar surface area (TPSA) is 64.1 Å². The van der Waals surface area contributed by atoms with E-state index in [2.05, 4.69) is 39.6 Å². The molecule has 6 heteroatoms. The number of hydrogen-bond donors (Lipinski definition) is 1. The molecule has 1 aromatic heterocycles. The Kier molecular flexibility index (Phi) is 6.05. The average Bonchev–Trinajstić information content (AvgIpc) is 3.16. The van der Waals surface area contributed by atoms with Crippen LogP contribution in [0, 0.1) is 0 Å². The fourth-order valence-corrected chi connectivity index (χ4v) is 4.47. The van der Waals surface area contributed by atoms with Crippen molar-refractivity contribution in [2.75, 3.05) is 13.2 Å². The van der Waals surface area contributed by atoms with Gasteiger partial charge in [-0.1, -0.05) is 78.4 Å². The molecule has 0 unspecified atom stereocenters. The van der Waals surface area contributed by atoms with Crippen molar-refractivity contribution in [2.45, 2.75) is 12.3 Å². The number of nitrogens with zero attached hydrogens (tertiary/aromatic N) is 2. The van der Waals surface area contributed by atoms with E-state index in [1.165, 1.54) is 28.6 Å². The molecule has 0 bridgehead atoms. The summed E-state index contributed by atoms with van der Waals surface area (Å²) in [7, 11) is 0. The Morgan fingerprint density at radius 2 is 1.73 bits per heavy atom. The van der Waals surface area contributed by atoms with Gasteiger partial charge in [0.2, 0.25) is 0 Å². The minimum atomic E-state index is -0.401. The first-order valence-electron chi connectivity index (χ1n) is 10.9. The number of fused-ring (bicyclic) bond motifs is 4. The van der Waals surface area contributed by atoms with E-state index in [4.69, 9.17) is 16.3 Å². The predicted molar refractivity (Wildman–Crippen MR) is 131 cm³/mol. The highest BCUT2D eigenvalue weighted by Gasteiger charge is 2.28. The van der Waals surface area contributed by atoms with Crippen LogP contribution in [0.5, 0.6) is 0 Å². The van der Waals surface area contributed by atoms with E-state index in [9.17, 15) is 4.79 Å². The number of carbonyl (C=O) groups excluding carboxylic acids is 1. The normalized spacial score (nSPS) is 12.6. The van der Waals surface area contributed by atoms with Crippen molar-refractivity contribution in [1.82, 2.24) is 15.3 Å². The summed E-state index contributed by atoms with van der Waals surface area (Å²) in [6, 6.07) is 22.4. The number of rotatable bonds is 6. The summed E-state index contributed by atoms with van der Waals surface area (Å²) in [5.74, 6) is 0.0632. The summed E-state index contributed by atoms with van der Waals surface area (Å²) >= 11 is 6.08. The summed E-state index contributed by atoms with van der Waals surface area (Å²) in [6.45, 7) is 0.811. The highest BCUT2D eigenvalue weighted by molar-refractivity contribution is 6.34. The maximum absolute atomic E-state index is 12.3. The zero-order valence-corrected chi connectivity index (χ0v) is 18.6. The van der Waals surface area contributed by atoms with E-state index in [0.717, 1.165) is 16.5 Å². The average molecular weight is 456 g/mol. The van der Waals surface area contributed by atoms with Gasteiger partial charge in [0.15, 0.2) is 0 Å². The number of aromatic nitrogens is 2. The maximum atomic E-state index is 12.3. The van der Waals surface area contributed by atoms with Crippen molar-refractivity contribution in [1.29, 1.82) is 0 Å². The lowest BCUT2D eigenvalue weighted by Crippen LogP contribution is -2.26. The molecule has 1 aliphatic rings. The highest BCUT2D eigenvalue weighted by Crippen LogP contribution is 2.44. The van der Waals surface area contributed by atoms with Gasteiger partial charge < -0.3 is 10.1 Å². The second-order valence-electron chi connectivity index (χ2n) is 7.88. The van der Waals surface area contributed by atoms with Crippen LogP contribution in [0.3, 0.4) is 0 Å². The lowest BCUT2D eigenvalue weighted by Gasteiger charge is -2.14. The Hall–Kier alpha value is -3.70. The quantitative estimate of drug-likeness (QED) is 0.276. The summed E-state index contributed by atoms with van der Waals surface area (Å²) in [5.41, 5.74) is 6.66. The van der Waals surface area contributed by atoms with Gasteiger partial charge in [0, 0.05) is 17.8 Å². The molecule has 1 N–H and O–H groups in total. The molecule has 0 aliphatic heterocycles. The molecule has 0 fully saturated rings. The molecule has 3 aromatic carbocycles. The first-order chi connectivity index (χ1) is 16.2. The van der Waals surface area contributed by atoms with Crippen molar-refractivity contribution in [3.05, 3.63) is 101 Å². The van der Waals surface area contributed by atoms with Crippen molar-refractivity contribution in [3.8, 4) is 11.1 Å². The molecule has 0 saturated heterocycles. The fourth-order valence-electron chi connectivity index (χ4n) is 4.27. The molecule has 1 heterocycles. The molecule has 0 atom stereocenters. The van der Waals surface area contributed by atoms with E-state index in [-0.39, 0.29) is 5.92 Å². The number of halogens is 1. The minimum absolute atomic E-state index is 0.0632. The summed E-state index contributed by atoms with van der Waals surface area (Å²) in [5, 5.41) is 4.10. The van der Waals surface area contributed by atoms with Crippen molar-refractivity contribution >= 4 is 34.7 Å². The van der Waals surface area contributed by atoms with Crippen LogP contribution in [0.1, 0.15) is 29.0 Å². The van der Waals surface area contributed by atoms with E-state index in [0.29, 0.717) is 24.7 Å². The van der Waals surface area contributed by atoms with Gasteiger partial charge in [0.25, 0.3) is 0 Å². The van der Waals surface area contributed by atoms with Crippen LogP contribution in [0.4, 0.5) is 4.79 Å². The molecular formula is C27H22ClN3O2. The molecule has 0 saturated carbocycles. The number of ether oxygens (including phenoxy) is 1. The van der Waals surface area contributed by atoms with E-state index >= 15 is 0 Å². The molecule has 1 aliphatic carbocycles. The third kappa shape index (κ3) is 4.45. The van der Waals surface area contributed by atoms with Crippen LogP contribution < -0.4 is 5.32 Å². The van der Waals surface area contributed by atoms with E-state index in [1.54, 1.807) is 0 Å². The van der Waals surface area contributed by atoms with Crippen molar-refractivity contribution < 1.29 is 9.53 Å². The molecule has 4 aromatic rings. The maximum Gasteiger partial charge on any atom is 0.407 e. The number of nitrogens with one attached hydrogen (secondary N) is 1. The lowest BCUT2D eigenvalue weighted by atomic mass is 9.98. The van der Waals surface area contributed by atoms with Crippen molar-refractivity contribution in [3.63, 3.8) is 0 Å². The molecular weight excluding hydrogens is 434 g/mol.